The highest BCUT2D eigenvalue weighted by Gasteiger charge is 2.13. The number of ether oxygens (including phenoxy) is 1. The van der Waals surface area contributed by atoms with E-state index in [4.69, 9.17) is 15.0 Å². The molecule has 1 rings (SSSR count). The summed E-state index contributed by atoms with van der Waals surface area (Å²) in [5.74, 6) is -0.309. The summed E-state index contributed by atoms with van der Waals surface area (Å²) in [5.41, 5.74) is 0. The molecule has 1 unspecified atom stereocenters. The Morgan fingerprint density at radius 3 is 2.48 bits per heavy atom. The molecule has 0 radical (unpaired) electrons. The molecule has 10 heteroatoms. The highest BCUT2D eigenvalue weighted by Crippen LogP contribution is 2.15. The first-order valence-electron chi connectivity index (χ1n) is 6.55. The van der Waals surface area contributed by atoms with Gasteiger partial charge in [0.2, 0.25) is 15.9 Å². The Morgan fingerprint density at radius 2 is 1.96 bits per heavy atom. The molecule has 23 heavy (non-hydrogen) atoms. The van der Waals surface area contributed by atoms with Crippen LogP contribution >= 0.6 is 11.8 Å². The van der Waals surface area contributed by atoms with Crippen LogP contribution in [0.3, 0.4) is 0 Å². The molecular weight excluding hydrogens is 344 g/mol. The van der Waals surface area contributed by atoms with Crippen LogP contribution in [0.15, 0.2) is 29.2 Å². The summed E-state index contributed by atoms with van der Waals surface area (Å²) < 4.78 is 27.6. The van der Waals surface area contributed by atoms with Crippen molar-refractivity contribution in [1.29, 1.82) is 0 Å². The van der Waals surface area contributed by atoms with Crippen molar-refractivity contribution in [1.82, 2.24) is 5.32 Å². The van der Waals surface area contributed by atoms with Gasteiger partial charge in [0.25, 0.3) is 0 Å². The Kier molecular flexibility index (Phi) is 7.33. The third-order valence-electron chi connectivity index (χ3n) is 2.63. The van der Waals surface area contributed by atoms with E-state index in [0.717, 1.165) is 0 Å². The number of nitrogens with one attached hydrogen (secondary N) is 1. The summed E-state index contributed by atoms with van der Waals surface area (Å²) in [7, 11) is -3.72. The van der Waals surface area contributed by atoms with Crippen LogP contribution in [-0.2, 0) is 19.6 Å². The van der Waals surface area contributed by atoms with Crippen molar-refractivity contribution in [2.24, 2.45) is 5.14 Å². The maximum absolute atomic E-state index is 11.4. The molecule has 128 valence electrons. The van der Waals surface area contributed by atoms with Gasteiger partial charge in [0.15, 0.2) is 0 Å². The van der Waals surface area contributed by atoms with Gasteiger partial charge < -0.3 is 15.2 Å². The molecule has 0 aliphatic carbocycles. The number of aliphatic carboxylic acids is 1. The van der Waals surface area contributed by atoms with E-state index in [1.807, 2.05) is 0 Å². The average Bonchev–Trinajstić information content (AvgIpc) is 2.46. The third kappa shape index (κ3) is 7.35. The normalized spacial score (nSPS) is 12.4. The summed E-state index contributed by atoms with van der Waals surface area (Å²) in [4.78, 5) is 22.0. The first-order valence-corrected chi connectivity index (χ1v) is 9.26. The van der Waals surface area contributed by atoms with Gasteiger partial charge in [-0.2, -0.15) is 0 Å². The van der Waals surface area contributed by atoms with Crippen LogP contribution in [0.25, 0.3) is 0 Å². The predicted molar refractivity (Wildman–Crippen MR) is 85.9 cm³/mol. The molecule has 0 aromatic heterocycles. The molecule has 8 nitrogen and oxygen atoms in total. The topological polar surface area (TPSA) is 136 Å². The fourth-order valence-electron chi connectivity index (χ4n) is 1.45. The van der Waals surface area contributed by atoms with E-state index >= 15 is 0 Å². The van der Waals surface area contributed by atoms with Gasteiger partial charge in [-0.1, -0.05) is 0 Å². The molecule has 1 amide bonds. The number of hydrogen-bond acceptors (Lipinski definition) is 6. The minimum atomic E-state index is -3.72. The van der Waals surface area contributed by atoms with Crippen molar-refractivity contribution in [3.05, 3.63) is 24.3 Å². The number of sulfonamides is 1. The molecule has 0 spiro atoms. The number of hydrogen-bond donors (Lipinski definition) is 3. The summed E-state index contributed by atoms with van der Waals surface area (Å²) in [6, 6.07) is 4.76. The molecule has 0 aliphatic rings. The third-order valence-corrected chi connectivity index (χ3v) is 4.48. The largest absolute Gasteiger partial charge is 0.493 e. The molecule has 0 saturated heterocycles. The maximum atomic E-state index is 11.4. The number of rotatable bonds is 9. The second-order valence-electron chi connectivity index (χ2n) is 4.54. The van der Waals surface area contributed by atoms with E-state index in [9.17, 15) is 18.0 Å². The number of benzene rings is 1. The molecule has 0 bridgehead atoms. The number of carboxylic acids is 1. The lowest BCUT2D eigenvalue weighted by Gasteiger charge is -2.09. The van der Waals surface area contributed by atoms with E-state index in [-0.39, 0.29) is 16.6 Å². The molecule has 1 aromatic rings. The highest BCUT2D eigenvalue weighted by atomic mass is 32.2. The van der Waals surface area contributed by atoms with Crippen molar-refractivity contribution >= 4 is 33.7 Å². The van der Waals surface area contributed by atoms with E-state index in [2.05, 4.69) is 5.32 Å². The molecular formula is C13H18N2O6S2. The summed E-state index contributed by atoms with van der Waals surface area (Å²) in [6.07, 6.45) is 0. The first-order chi connectivity index (χ1) is 10.7. The van der Waals surface area contributed by atoms with Crippen molar-refractivity contribution in [3.8, 4) is 5.75 Å². The fraction of sp³-hybridized carbons (Fsp3) is 0.385. The van der Waals surface area contributed by atoms with Gasteiger partial charge in [-0.15, -0.1) is 11.8 Å². The molecule has 0 heterocycles. The quantitative estimate of drug-likeness (QED) is 0.527. The van der Waals surface area contributed by atoms with Crippen LogP contribution in [0.2, 0.25) is 0 Å². The summed E-state index contributed by atoms with van der Waals surface area (Å²) in [5, 5.41) is 16.0. The van der Waals surface area contributed by atoms with Crippen LogP contribution in [-0.4, -0.2) is 49.6 Å². The smallest absolute Gasteiger partial charge is 0.325 e. The standard InChI is InChI=1S/C13H18N2O6S2/c1-9(13(17)18)15-12(16)8-22-7-6-21-10-2-4-11(5-3-10)23(14,19)20/h2-5,9H,6-8H2,1H3,(H,15,16)(H,17,18)(H2,14,19,20). The lowest BCUT2D eigenvalue weighted by Crippen LogP contribution is -2.39. The maximum Gasteiger partial charge on any atom is 0.325 e. The molecule has 1 aromatic carbocycles. The molecule has 0 aliphatic heterocycles. The van der Waals surface area contributed by atoms with E-state index in [1.54, 1.807) is 0 Å². The van der Waals surface area contributed by atoms with Gasteiger partial charge in [-0.25, -0.2) is 13.6 Å². The molecule has 0 fully saturated rings. The summed E-state index contributed by atoms with van der Waals surface area (Å²) >= 11 is 1.30. The van der Waals surface area contributed by atoms with Crippen LogP contribution in [0.1, 0.15) is 6.92 Å². The van der Waals surface area contributed by atoms with E-state index in [1.165, 1.54) is 43.0 Å². The Hall–Kier alpha value is -1.78. The second-order valence-corrected chi connectivity index (χ2v) is 7.21. The Morgan fingerprint density at radius 1 is 1.35 bits per heavy atom. The Bertz CT molecular complexity index is 645. The minimum absolute atomic E-state index is 0.00319. The lowest BCUT2D eigenvalue weighted by molar-refractivity contribution is -0.140. The number of primary sulfonamides is 1. The fourth-order valence-corrected chi connectivity index (χ4v) is 2.58. The zero-order valence-corrected chi connectivity index (χ0v) is 14.0. The zero-order valence-electron chi connectivity index (χ0n) is 12.4. The minimum Gasteiger partial charge on any atom is -0.493 e. The van der Waals surface area contributed by atoms with Gasteiger partial charge in [-0.3, -0.25) is 9.59 Å². The highest BCUT2D eigenvalue weighted by molar-refractivity contribution is 7.99. The van der Waals surface area contributed by atoms with Gasteiger partial charge in [0.05, 0.1) is 17.3 Å². The van der Waals surface area contributed by atoms with Gasteiger partial charge >= 0.3 is 5.97 Å². The lowest BCUT2D eigenvalue weighted by atomic mass is 10.3. The summed E-state index contributed by atoms with van der Waals surface area (Å²) in [6.45, 7) is 1.71. The van der Waals surface area contributed by atoms with Crippen molar-refractivity contribution in [2.75, 3.05) is 18.1 Å². The molecule has 4 N–H and O–H groups in total. The van der Waals surface area contributed by atoms with E-state index < -0.39 is 22.0 Å². The molecule has 1 atom stereocenters. The molecule has 0 saturated carbocycles. The monoisotopic (exact) mass is 362 g/mol. The van der Waals surface area contributed by atoms with Crippen LogP contribution in [0.5, 0.6) is 5.75 Å². The Labute approximate surface area is 138 Å². The SMILES string of the molecule is CC(NC(=O)CSCCOc1ccc(S(N)(=O)=O)cc1)C(=O)O. The Balaban J connectivity index is 2.25. The van der Waals surface area contributed by atoms with Crippen LogP contribution in [0, 0.1) is 0 Å². The number of nitrogens with two attached hydrogens (primary N) is 1. The first kappa shape index (κ1) is 19.3. The van der Waals surface area contributed by atoms with Crippen molar-refractivity contribution < 1.29 is 27.9 Å². The van der Waals surface area contributed by atoms with Crippen molar-refractivity contribution in [2.45, 2.75) is 17.9 Å². The average molecular weight is 362 g/mol. The zero-order chi connectivity index (χ0) is 17.5. The van der Waals surface area contributed by atoms with E-state index in [0.29, 0.717) is 18.1 Å². The van der Waals surface area contributed by atoms with Crippen LogP contribution < -0.4 is 15.2 Å². The number of thioether (sulfide) groups is 1. The van der Waals surface area contributed by atoms with Crippen LogP contribution in [0.4, 0.5) is 0 Å². The predicted octanol–water partition coefficient (Wildman–Crippen LogP) is 0.0353. The number of carbonyl (C=O) groups excluding carboxylic acids is 1. The van der Waals surface area contributed by atoms with Crippen molar-refractivity contribution in [3.63, 3.8) is 0 Å². The number of carboxylic acid groups (broad SMARTS) is 1. The van der Waals surface area contributed by atoms with Gasteiger partial charge in [-0.05, 0) is 31.2 Å². The second kappa shape index (κ2) is 8.75. The number of amides is 1. The number of carbonyl (C=O) groups is 2. The van der Waals surface area contributed by atoms with Gasteiger partial charge in [0.1, 0.15) is 11.8 Å². The van der Waals surface area contributed by atoms with Gasteiger partial charge in [0, 0.05) is 5.75 Å².